The van der Waals surface area contributed by atoms with Gasteiger partial charge in [-0.15, -0.1) is 11.3 Å². The lowest BCUT2D eigenvalue weighted by molar-refractivity contribution is -0.151. The van der Waals surface area contributed by atoms with E-state index in [0.717, 1.165) is 10.4 Å². The quantitative estimate of drug-likeness (QED) is 0.915. The number of carboxylic acid groups (broad SMARTS) is 1. The lowest BCUT2D eigenvalue weighted by atomic mass is 9.87. The second-order valence-corrected chi connectivity index (χ2v) is 5.52. The van der Waals surface area contributed by atoms with E-state index < -0.39 is 11.9 Å². The number of nitrogens with zero attached hydrogens (tertiary/aromatic N) is 1. The van der Waals surface area contributed by atoms with Crippen LogP contribution in [0.5, 0.6) is 0 Å². The van der Waals surface area contributed by atoms with Crippen LogP contribution in [-0.4, -0.2) is 28.4 Å². The normalized spacial score (nSPS) is 24.3. The zero-order valence-electron chi connectivity index (χ0n) is 10.5. The molecule has 2 rings (SSSR count). The lowest BCUT2D eigenvalue weighted by Gasteiger charge is -2.38. The van der Waals surface area contributed by atoms with Gasteiger partial charge >= 0.3 is 5.97 Å². The fraction of sp³-hybridized carbons (Fsp3) is 0.538. The molecular formula is C13H17NO3S. The highest BCUT2D eigenvalue weighted by Gasteiger charge is 2.41. The van der Waals surface area contributed by atoms with E-state index in [9.17, 15) is 14.7 Å². The summed E-state index contributed by atoms with van der Waals surface area (Å²) in [5.74, 6) is -1.23. The lowest BCUT2D eigenvalue weighted by Crippen LogP contribution is -2.45. The van der Waals surface area contributed by atoms with Crippen molar-refractivity contribution >= 4 is 23.2 Å². The Hall–Kier alpha value is -1.36. The van der Waals surface area contributed by atoms with Gasteiger partial charge in [0.25, 0.3) is 0 Å². The summed E-state index contributed by atoms with van der Waals surface area (Å²) in [5.41, 5.74) is 1.07. The molecule has 5 heteroatoms. The van der Waals surface area contributed by atoms with Gasteiger partial charge in [-0.1, -0.05) is 0 Å². The van der Waals surface area contributed by atoms with Crippen molar-refractivity contribution < 1.29 is 14.7 Å². The number of carboxylic acids is 1. The van der Waals surface area contributed by atoms with Crippen LogP contribution in [0.2, 0.25) is 0 Å². The van der Waals surface area contributed by atoms with Gasteiger partial charge in [0, 0.05) is 17.8 Å². The highest BCUT2D eigenvalue weighted by Crippen LogP contribution is 2.40. The molecule has 0 saturated carbocycles. The van der Waals surface area contributed by atoms with E-state index in [1.807, 2.05) is 25.3 Å². The van der Waals surface area contributed by atoms with Gasteiger partial charge in [0.1, 0.15) is 0 Å². The summed E-state index contributed by atoms with van der Waals surface area (Å²) in [5, 5.41) is 11.3. The minimum atomic E-state index is -0.807. The largest absolute Gasteiger partial charge is 0.481 e. The average Bonchev–Trinajstić information content (AvgIpc) is 2.74. The van der Waals surface area contributed by atoms with Gasteiger partial charge in [0.15, 0.2) is 0 Å². The van der Waals surface area contributed by atoms with Crippen molar-refractivity contribution in [3.05, 3.63) is 21.9 Å². The van der Waals surface area contributed by atoms with Crippen molar-refractivity contribution in [2.24, 2.45) is 5.92 Å². The first-order valence-electron chi connectivity index (χ1n) is 6.12. The molecule has 0 bridgehead atoms. The molecule has 1 saturated heterocycles. The van der Waals surface area contributed by atoms with Crippen LogP contribution in [0, 0.1) is 12.8 Å². The number of hydrogen-bond donors (Lipinski definition) is 1. The summed E-state index contributed by atoms with van der Waals surface area (Å²) >= 11 is 1.54. The fourth-order valence-corrected chi connectivity index (χ4v) is 3.70. The minimum Gasteiger partial charge on any atom is -0.481 e. The molecule has 1 aromatic heterocycles. The molecular weight excluding hydrogens is 250 g/mol. The van der Waals surface area contributed by atoms with Crippen LogP contribution >= 0.6 is 11.3 Å². The number of aliphatic carboxylic acids is 1. The molecule has 2 unspecified atom stereocenters. The SMILES string of the molecule is CCN1C(=O)CCC(C(=O)O)C1c1sccc1C. The Kier molecular flexibility index (Phi) is 3.71. The molecule has 1 aliphatic rings. The standard InChI is InChI=1S/C13H17NO3S/c1-3-14-10(15)5-4-9(13(16)17)11(14)12-8(2)6-7-18-12/h6-7,9,11H,3-5H2,1-2H3,(H,16,17). The summed E-state index contributed by atoms with van der Waals surface area (Å²) in [6.45, 7) is 4.43. The molecule has 0 aromatic carbocycles. The molecule has 18 heavy (non-hydrogen) atoms. The molecule has 1 aromatic rings. The van der Waals surface area contributed by atoms with Crippen molar-refractivity contribution in [2.75, 3.05) is 6.54 Å². The first kappa shape index (κ1) is 13.1. The number of thiophene rings is 1. The minimum absolute atomic E-state index is 0.0628. The van der Waals surface area contributed by atoms with Crippen molar-refractivity contribution in [2.45, 2.75) is 32.7 Å². The number of carbonyl (C=O) groups excluding carboxylic acids is 1. The highest BCUT2D eigenvalue weighted by atomic mass is 32.1. The second kappa shape index (κ2) is 5.10. The summed E-state index contributed by atoms with van der Waals surface area (Å²) in [6.07, 6.45) is 0.776. The van der Waals surface area contributed by atoms with E-state index in [2.05, 4.69) is 0 Å². The zero-order chi connectivity index (χ0) is 13.3. The summed E-state index contributed by atoms with van der Waals surface area (Å²) in [6, 6.07) is 1.68. The van der Waals surface area contributed by atoms with Crippen molar-refractivity contribution in [1.82, 2.24) is 4.90 Å². The number of rotatable bonds is 3. The van der Waals surface area contributed by atoms with Gasteiger partial charge in [-0.05, 0) is 37.3 Å². The van der Waals surface area contributed by atoms with Gasteiger partial charge in [-0.2, -0.15) is 0 Å². The van der Waals surface area contributed by atoms with Gasteiger partial charge < -0.3 is 10.0 Å². The number of aryl methyl sites for hydroxylation is 1. The van der Waals surface area contributed by atoms with Crippen molar-refractivity contribution in [3.63, 3.8) is 0 Å². The third-order valence-electron chi connectivity index (χ3n) is 3.53. The third-order valence-corrected chi connectivity index (χ3v) is 4.62. The fourth-order valence-electron chi connectivity index (χ4n) is 2.60. The average molecular weight is 267 g/mol. The van der Waals surface area contributed by atoms with Gasteiger partial charge in [0.2, 0.25) is 5.91 Å². The Morgan fingerprint density at radius 3 is 2.83 bits per heavy atom. The Labute approximate surface area is 110 Å². The molecule has 4 nitrogen and oxygen atoms in total. The number of amides is 1. The number of hydrogen-bond acceptors (Lipinski definition) is 3. The summed E-state index contributed by atoms with van der Waals surface area (Å²) < 4.78 is 0. The van der Waals surface area contributed by atoms with E-state index in [-0.39, 0.29) is 11.9 Å². The molecule has 1 N–H and O–H groups in total. The van der Waals surface area contributed by atoms with E-state index in [1.54, 1.807) is 16.2 Å². The zero-order valence-corrected chi connectivity index (χ0v) is 11.4. The maximum Gasteiger partial charge on any atom is 0.308 e. The van der Waals surface area contributed by atoms with E-state index >= 15 is 0 Å². The second-order valence-electron chi connectivity index (χ2n) is 4.58. The first-order valence-corrected chi connectivity index (χ1v) is 7.00. The van der Waals surface area contributed by atoms with Gasteiger partial charge in [0.05, 0.1) is 12.0 Å². The van der Waals surface area contributed by atoms with Crippen LogP contribution in [0.15, 0.2) is 11.4 Å². The van der Waals surface area contributed by atoms with Crippen LogP contribution < -0.4 is 0 Å². The number of piperidine rings is 1. The molecule has 1 amide bonds. The molecule has 0 aliphatic carbocycles. The van der Waals surface area contributed by atoms with Gasteiger partial charge in [-0.3, -0.25) is 9.59 Å². The number of carbonyl (C=O) groups is 2. The van der Waals surface area contributed by atoms with Crippen molar-refractivity contribution in [1.29, 1.82) is 0 Å². The molecule has 98 valence electrons. The number of likely N-dealkylation sites (tertiary alicyclic amines) is 1. The predicted octanol–water partition coefficient (Wildman–Crippen LogP) is 2.44. The summed E-state index contributed by atoms with van der Waals surface area (Å²) in [7, 11) is 0. The maximum absolute atomic E-state index is 11.9. The van der Waals surface area contributed by atoms with Crippen LogP contribution in [0.4, 0.5) is 0 Å². The van der Waals surface area contributed by atoms with Gasteiger partial charge in [-0.25, -0.2) is 0 Å². The van der Waals surface area contributed by atoms with E-state index in [1.165, 1.54) is 0 Å². The third kappa shape index (κ3) is 2.14. The molecule has 2 heterocycles. The van der Waals surface area contributed by atoms with Crippen LogP contribution in [0.25, 0.3) is 0 Å². The van der Waals surface area contributed by atoms with Crippen LogP contribution in [0.3, 0.4) is 0 Å². The smallest absolute Gasteiger partial charge is 0.308 e. The van der Waals surface area contributed by atoms with Crippen molar-refractivity contribution in [3.8, 4) is 0 Å². The molecule has 2 atom stereocenters. The Morgan fingerprint density at radius 2 is 2.33 bits per heavy atom. The molecule has 1 aliphatic heterocycles. The Balaban J connectivity index is 2.43. The summed E-state index contributed by atoms with van der Waals surface area (Å²) in [4.78, 5) is 26.1. The molecule has 1 fully saturated rings. The maximum atomic E-state index is 11.9. The molecule has 0 spiro atoms. The topological polar surface area (TPSA) is 57.6 Å². The van der Waals surface area contributed by atoms with Crippen LogP contribution in [-0.2, 0) is 9.59 Å². The van der Waals surface area contributed by atoms with Crippen LogP contribution in [0.1, 0.15) is 36.2 Å². The Morgan fingerprint density at radius 1 is 1.61 bits per heavy atom. The first-order chi connectivity index (χ1) is 8.56. The monoisotopic (exact) mass is 267 g/mol. The molecule has 0 radical (unpaired) electrons. The highest BCUT2D eigenvalue weighted by molar-refractivity contribution is 7.10. The van der Waals surface area contributed by atoms with E-state index in [0.29, 0.717) is 19.4 Å². The Bertz CT molecular complexity index is 467. The van der Waals surface area contributed by atoms with E-state index in [4.69, 9.17) is 0 Å². The predicted molar refractivity (Wildman–Crippen MR) is 69.5 cm³/mol.